The number of alkyl halides is 5. The zero-order valence-corrected chi connectivity index (χ0v) is 17.8. The van der Waals surface area contributed by atoms with Gasteiger partial charge in [0, 0.05) is 23.9 Å². The molecule has 6 nitrogen and oxygen atoms in total. The molecule has 2 aliphatic heterocycles. The smallest absolute Gasteiger partial charge is 0.394 e. The lowest BCUT2D eigenvalue weighted by Crippen LogP contribution is -2.49. The van der Waals surface area contributed by atoms with Gasteiger partial charge in [0.2, 0.25) is 0 Å². The van der Waals surface area contributed by atoms with E-state index in [1.165, 1.54) is 24.4 Å². The second-order valence-electron chi connectivity index (χ2n) is 7.68. The molecular formula is C22H22F5N3O3. The molecule has 1 atom stereocenters. The molecule has 0 saturated carbocycles. The van der Waals surface area contributed by atoms with Crippen molar-refractivity contribution in [3.8, 4) is 0 Å². The van der Waals surface area contributed by atoms with Crippen LogP contribution < -0.4 is 5.73 Å². The van der Waals surface area contributed by atoms with Crippen molar-refractivity contribution in [2.75, 3.05) is 19.7 Å². The fourth-order valence-electron chi connectivity index (χ4n) is 3.57. The summed E-state index contributed by atoms with van der Waals surface area (Å²) in [7, 11) is 0. The summed E-state index contributed by atoms with van der Waals surface area (Å²) in [5.41, 5.74) is 4.43. The van der Waals surface area contributed by atoms with Gasteiger partial charge in [-0.2, -0.15) is 22.0 Å². The molecule has 0 radical (unpaired) electrons. The Hall–Kier alpha value is -3.21. The fourth-order valence-corrected chi connectivity index (χ4v) is 3.57. The van der Waals surface area contributed by atoms with Crippen LogP contribution in [0.25, 0.3) is 5.57 Å². The Kier molecular flexibility index (Phi) is 6.64. The number of hydrogen-bond donors (Lipinski definition) is 1. The Bertz CT molecular complexity index is 1030. The molecule has 2 heterocycles. The number of hydrogen-bond acceptors (Lipinski definition) is 4. The number of ether oxygens (including phenoxy) is 1. The van der Waals surface area contributed by atoms with E-state index in [9.17, 15) is 31.5 Å². The zero-order chi connectivity index (χ0) is 24.6. The maximum absolute atomic E-state index is 13.4. The molecule has 0 spiro atoms. The topological polar surface area (TPSA) is 75.9 Å². The first-order chi connectivity index (χ1) is 15.3. The van der Waals surface area contributed by atoms with E-state index in [-0.39, 0.29) is 18.7 Å². The first-order valence-electron chi connectivity index (χ1n) is 9.98. The predicted octanol–water partition coefficient (Wildman–Crippen LogP) is 3.67. The number of morpholine rings is 1. The number of benzene rings is 1. The molecule has 2 amide bonds. The molecule has 1 unspecified atom stereocenters. The molecule has 11 heteroatoms. The van der Waals surface area contributed by atoms with Crippen molar-refractivity contribution >= 4 is 17.4 Å². The molecule has 2 aliphatic rings. The van der Waals surface area contributed by atoms with Crippen molar-refractivity contribution < 1.29 is 36.3 Å². The van der Waals surface area contributed by atoms with E-state index in [1.54, 1.807) is 25.1 Å². The van der Waals surface area contributed by atoms with Crippen LogP contribution in [0.15, 0.2) is 53.9 Å². The molecule has 1 fully saturated rings. The number of nitrogens with zero attached hydrogens (tertiary/aromatic N) is 2. The quantitative estimate of drug-likeness (QED) is 0.539. The lowest BCUT2D eigenvalue weighted by molar-refractivity contribution is -0.263. The first kappa shape index (κ1) is 24.4. The minimum Gasteiger partial charge on any atom is -0.394 e. The van der Waals surface area contributed by atoms with Gasteiger partial charge in [-0.25, -0.2) is 0 Å². The lowest BCUT2D eigenvalue weighted by atomic mass is 9.94. The van der Waals surface area contributed by atoms with E-state index in [0.29, 0.717) is 11.1 Å². The first-order valence-corrected chi connectivity index (χ1v) is 9.98. The molecule has 0 bridgehead atoms. The van der Waals surface area contributed by atoms with Crippen LogP contribution in [0.1, 0.15) is 29.8 Å². The summed E-state index contributed by atoms with van der Waals surface area (Å²) in [5, 5.41) is 0. The highest BCUT2D eigenvalue weighted by atomic mass is 19.4. The summed E-state index contributed by atoms with van der Waals surface area (Å²) in [6.07, 6.45) is -3.66. The van der Waals surface area contributed by atoms with Crippen LogP contribution in [0, 0.1) is 0 Å². The predicted molar refractivity (Wildman–Crippen MR) is 110 cm³/mol. The van der Waals surface area contributed by atoms with Gasteiger partial charge in [0.25, 0.3) is 11.8 Å². The Morgan fingerprint density at radius 3 is 2.39 bits per heavy atom. The van der Waals surface area contributed by atoms with Crippen LogP contribution >= 0.6 is 0 Å². The maximum Gasteiger partial charge on any atom is 0.431 e. The van der Waals surface area contributed by atoms with E-state index in [1.807, 2.05) is 0 Å². The number of halogens is 5. The summed E-state index contributed by atoms with van der Waals surface area (Å²) in [4.78, 5) is 27.3. The molecule has 0 aliphatic carbocycles. The van der Waals surface area contributed by atoms with Gasteiger partial charge in [-0.15, -0.1) is 0 Å². The Morgan fingerprint density at radius 2 is 1.82 bits per heavy atom. The van der Waals surface area contributed by atoms with Gasteiger partial charge >= 0.3 is 12.3 Å². The third-order valence-corrected chi connectivity index (χ3v) is 5.46. The van der Waals surface area contributed by atoms with Crippen LogP contribution in [0.4, 0.5) is 22.0 Å². The van der Waals surface area contributed by atoms with Gasteiger partial charge in [-0.3, -0.25) is 9.59 Å². The van der Waals surface area contributed by atoms with Gasteiger partial charge in [0.1, 0.15) is 12.2 Å². The summed E-state index contributed by atoms with van der Waals surface area (Å²) < 4.78 is 69.8. The third kappa shape index (κ3) is 5.24. The highest BCUT2D eigenvalue weighted by molar-refractivity contribution is 5.97. The standard InChI is InChI=1S/C22H22F5N3O3/c1-13(18(28)22(25,26)27)19(31)30-9-3-4-17(14(30)2)15-5-7-16(8-6-15)20(32)29-10-11-33-21(23,24)12-29/h3-9,14H,10-12,28H2,1-2H3/b18-13-. The minimum absolute atomic E-state index is 0.0359. The second-order valence-corrected chi connectivity index (χ2v) is 7.68. The van der Waals surface area contributed by atoms with Gasteiger partial charge in [0.15, 0.2) is 0 Å². The monoisotopic (exact) mass is 471 g/mol. The highest BCUT2D eigenvalue weighted by Crippen LogP contribution is 2.30. The van der Waals surface area contributed by atoms with Crippen LogP contribution in [-0.2, 0) is 9.53 Å². The fraction of sp³-hybridized carbons (Fsp3) is 0.364. The number of rotatable bonds is 3. The maximum atomic E-state index is 13.4. The van der Waals surface area contributed by atoms with E-state index < -0.39 is 48.0 Å². The number of nitrogens with two attached hydrogens (primary N) is 1. The molecular weight excluding hydrogens is 449 g/mol. The molecule has 178 valence electrons. The lowest BCUT2D eigenvalue weighted by Gasteiger charge is -2.32. The van der Waals surface area contributed by atoms with Crippen LogP contribution in [0.5, 0.6) is 0 Å². The van der Waals surface area contributed by atoms with Crippen molar-refractivity contribution in [3.63, 3.8) is 0 Å². The second kappa shape index (κ2) is 8.97. The average Bonchev–Trinajstić information content (AvgIpc) is 2.76. The molecule has 1 aromatic rings. The largest absolute Gasteiger partial charge is 0.431 e. The van der Waals surface area contributed by atoms with E-state index in [0.717, 1.165) is 16.7 Å². The van der Waals surface area contributed by atoms with Crippen molar-refractivity contribution in [1.29, 1.82) is 0 Å². The van der Waals surface area contributed by atoms with Crippen molar-refractivity contribution in [2.24, 2.45) is 5.73 Å². The summed E-state index contributed by atoms with van der Waals surface area (Å²) in [6, 6.07) is 5.48. The number of carbonyl (C=O) groups is 2. The van der Waals surface area contributed by atoms with E-state index >= 15 is 0 Å². The third-order valence-electron chi connectivity index (χ3n) is 5.46. The minimum atomic E-state index is -4.83. The van der Waals surface area contributed by atoms with E-state index in [4.69, 9.17) is 5.73 Å². The number of carbonyl (C=O) groups excluding carboxylic acids is 2. The highest BCUT2D eigenvalue weighted by Gasteiger charge is 2.39. The Morgan fingerprint density at radius 1 is 1.18 bits per heavy atom. The van der Waals surface area contributed by atoms with Gasteiger partial charge in [-0.05, 0) is 43.2 Å². The van der Waals surface area contributed by atoms with Crippen molar-refractivity contribution in [2.45, 2.75) is 32.2 Å². The van der Waals surface area contributed by atoms with Crippen molar-refractivity contribution in [3.05, 3.63) is 65.0 Å². The zero-order valence-electron chi connectivity index (χ0n) is 17.8. The van der Waals surface area contributed by atoms with Crippen LogP contribution in [0.3, 0.4) is 0 Å². The van der Waals surface area contributed by atoms with Gasteiger partial charge in [0.05, 0.1) is 12.6 Å². The molecule has 1 saturated heterocycles. The van der Waals surface area contributed by atoms with Crippen LogP contribution in [0.2, 0.25) is 0 Å². The molecule has 1 aromatic carbocycles. The van der Waals surface area contributed by atoms with Crippen LogP contribution in [-0.4, -0.2) is 59.6 Å². The summed E-state index contributed by atoms with van der Waals surface area (Å²) >= 11 is 0. The van der Waals surface area contributed by atoms with Crippen molar-refractivity contribution in [1.82, 2.24) is 9.80 Å². The Balaban J connectivity index is 1.78. The summed E-state index contributed by atoms with van der Waals surface area (Å²) in [6.45, 7) is 1.57. The molecule has 33 heavy (non-hydrogen) atoms. The average molecular weight is 471 g/mol. The van der Waals surface area contributed by atoms with Gasteiger partial charge < -0.3 is 20.3 Å². The summed E-state index contributed by atoms with van der Waals surface area (Å²) in [5.74, 6) is -1.46. The molecule has 0 aromatic heterocycles. The Labute approximate surface area is 186 Å². The molecule has 3 rings (SSSR count). The number of allylic oxidation sites excluding steroid dienone is 3. The number of amides is 2. The normalized spacial score (nSPS) is 21.4. The van der Waals surface area contributed by atoms with E-state index in [2.05, 4.69) is 4.74 Å². The van der Waals surface area contributed by atoms with Gasteiger partial charge in [-0.1, -0.05) is 18.2 Å². The molecule has 2 N–H and O–H groups in total. The SMILES string of the molecule is C/C(C(=O)N1C=CC=C(c2ccc(C(=O)N3CCOC(F)(F)C3)cc2)C1C)=C(/N)C(F)(F)F.